The fourth-order valence-corrected chi connectivity index (χ4v) is 3.31. The van der Waals surface area contributed by atoms with Crippen LogP contribution in [0.25, 0.3) is 0 Å². The van der Waals surface area contributed by atoms with Crippen molar-refractivity contribution in [2.45, 2.75) is 32.6 Å². The highest BCUT2D eigenvalue weighted by molar-refractivity contribution is 8.13. The van der Waals surface area contributed by atoms with Crippen molar-refractivity contribution >= 4 is 16.9 Å². The normalized spacial score (nSPS) is 12.1. The van der Waals surface area contributed by atoms with E-state index in [0.29, 0.717) is 5.92 Å². The molecule has 2 rings (SSSR count). The van der Waals surface area contributed by atoms with Gasteiger partial charge < -0.3 is 0 Å². The Morgan fingerprint density at radius 2 is 1.88 bits per heavy atom. The Morgan fingerprint density at radius 3 is 2.54 bits per heavy atom. The molecule has 1 aromatic heterocycles. The first-order valence-corrected chi connectivity index (χ1v) is 9.23. The number of carbonyl (C=O) groups is 1. The van der Waals surface area contributed by atoms with Gasteiger partial charge in [0.25, 0.3) is 0 Å². The average molecular weight is 344 g/mol. The lowest BCUT2D eigenvalue weighted by molar-refractivity contribution is -0.109. The first kappa shape index (κ1) is 18.7. The van der Waals surface area contributed by atoms with Crippen molar-refractivity contribution in [2.24, 2.45) is 5.92 Å². The molecule has 0 aliphatic rings. The molecule has 0 aliphatic heterocycles. The summed E-state index contributed by atoms with van der Waals surface area (Å²) >= 11 is 1.39. The Bertz CT molecular complexity index is 615. The molecule has 0 saturated carbocycles. The highest BCUT2D eigenvalue weighted by Gasteiger charge is 2.11. The Hall–Kier alpha value is -1.68. The minimum atomic E-state index is -0.195. The summed E-state index contributed by atoms with van der Waals surface area (Å²) in [6.45, 7) is 1.61. The molecule has 24 heavy (non-hydrogen) atoms. The number of benzene rings is 1. The highest BCUT2D eigenvalue weighted by atomic mass is 32.2. The molecule has 4 heteroatoms. The van der Waals surface area contributed by atoms with Crippen molar-refractivity contribution in [1.29, 1.82) is 0 Å². The zero-order valence-electron chi connectivity index (χ0n) is 14.0. The summed E-state index contributed by atoms with van der Waals surface area (Å²) in [5.74, 6) is 1.17. The van der Waals surface area contributed by atoms with Crippen LogP contribution in [0, 0.1) is 18.2 Å². The molecule has 0 aliphatic carbocycles. The number of thioether (sulfide) groups is 1. The molecule has 1 radical (unpaired) electrons. The van der Waals surface area contributed by atoms with Crippen LogP contribution in [0.15, 0.2) is 48.8 Å². The molecule has 1 atom stereocenters. The van der Waals surface area contributed by atoms with Gasteiger partial charge in [0.05, 0.1) is 0 Å². The molecular formula is C20H23FNOS. The fourth-order valence-electron chi connectivity index (χ4n) is 2.57. The molecule has 0 fully saturated rings. The summed E-state index contributed by atoms with van der Waals surface area (Å²) in [6, 6.07) is 10.7. The lowest BCUT2D eigenvalue weighted by Gasteiger charge is -2.16. The van der Waals surface area contributed by atoms with Crippen LogP contribution in [0.2, 0.25) is 0 Å². The standard InChI is InChI=1S/C20H23FNOS/c1-16(23)24-15-12-18(4-5-19-10-13-22-14-11-19)3-2-17-6-8-20(21)9-7-17/h5-11,13-14,18H,2-4,12,15H2,1H3. The molecule has 2 nitrogen and oxygen atoms in total. The van der Waals surface area contributed by atoms with E-state index in [9.17, 15) is 9.18 Å². The number of pyridine rings is 1. The van der Waals surface area contributed by atoms with Gasteiger partial charge in [-0.05, 0) is 73.4 Å². The van der Waals surface area contributed by atoms with Crippen LogP contribution in [0.4, 0.5) is 4.39 Å². The van der Waals surface area contributed by atoms with Crippen LogP contribution >= 0.6 is 11.8 Å². The van der Waals surface area contributed by atoms with Crippen LogP contribution in [-0.4, -0.2) is 15.9 Å². The number of halogens is 1. The Labute approximate surface area is 147 Å². The van der Waals surface area contributed by atoms with Crippen LogP contribution in [-0.2, 0) is 11.2 Å². The van der Waals surface area contributed by atoms with Gasteiger partial charge in [-0.25, -0.2) is 4.39 Å². The third-order valence-electron chi connectivity index (χ3n) is 3.98. The number of carbonyl (C=O) groups excluding carboxylic acids is 1. The van der Waals surface area contributed by atoms with Gasteiger partial charge in [0, 0.05) is 25.1 Å². The molecule has 1 aromatic carbocycles. The van der Waals surface area contributed by atoms with E-state index in [0.717, 1.165) is 37.0 Å². The van der Waals surface area contributed by atoms with Crippen molar-refractivity contribution in [2.75, 3.05) is 5.75 Å². The Morgan fingerprint density at radius 1 is 1.17 bits per heavy atom. The molecule has 127 valence electrons. The third kappa shape index (κ3) is 7.26. The van der Waals surface area contributed by atoms with Gasteiger partial charge >= 0.3 is 0 Å². The van der Waals surface area contributed by atoms with Crippen LogP contribution < -0.4 is 0 Å². The predicted molar refractivity (Wildman–Crippen MR) is 98.2 cm³/mol. The number of hydrogen-bond donors (Lipinski definition) is 0. The van der Waals surface area contributed by atoms with Crippen molar-refractivity contribution in [3.8, 4) is 0 Å². The van der Waals surface area contributed by atoms with E-state index in [1.165, 1.54) is 29.5 Å². The number of nitrogens with zero attached hydrogens (tertiary/aromatic N) is 1. The van der Waals surface area contributed by atoms with Crippen LogP contribution in [0.5, 0.6) is 0 Å². The minimum Gasteiger partial charge on any atom is -0.288 e. The summed E-state index contributed by atoms with van der Waals surface area (Å²) in [5.41, 5.74) is 2.33. The molecule has 0 saturated heterocycles. The molecule has 0 spiro atoms. The first-order chi connectivity index (χ1) is 11.6. The molecule has 1 unspecified atom stereocenters. The third-order valence-corrected chi connectivity index (χ3v) is 4.83. The average Bonchev–Trinajstić information content (AvgIpc) is 2.59. The van der Waals surface area contributed by atoms with E-state index in [2.05, 4.69) is 11.4 Å². The smallest absolute Gasteiger partial charge is 0.185 e. The highest BCUT2D eigenvalue weighted by Crippen LogP contribution is 2.23. The second-order valence-electron chi connectivity index (χ2n) is 5.88. The van der Waals surface area contributed by atoms with Crippen molar-refractivity contribution in [3.63, 3.8) is 0 Å². The van der Waals surface area contributed by atoms with Crippen molar-refractivity contribution in [1.82, 2.24) is 4.98 Å². The van der Waals surface area contributed by atoms with E-state index in [1.807, 2.05) is 24.3 Å². The molecule has 1 heterocycles. The maximum absolute atomic E-state index is 13.0. The van der Waals surface area contributed by atoms with E-state index < -0.39 is 0 Å². The van der Waals surface area contributed by atoms with Gasteiger partial charge in [-0.2, -0.15) is 0 Å². The zero-order valence-corrected chi connectivity index (χ0v) is 14.8. The van der Waals surface area contributed by atoms with Gasteiger partial charge in [0.1, 0.15) is 5.82 Å². The van der Waals surface area contributed by atoms with Crippen molar-refractivity contribution in [3.05, 3.63) is 72.2 Å². The zero-order chi connectivity index (χ0) is 17.2. The van der Waals surface area contributed by atoms with Gasteiger partial charge in [-0.3, -0.25) is 9.78 Å². The van der Waals surface area contributed by atoms with Gasteiger partial charge in [-0.15, -0.1) is 0 Å². The quantitative estimate of drug-likeness (QED) is 0.635. The summed E-state index contributed by atoms with van der Waals surface area (Å²) < 4.78 is 13.0. The molecule has 2 aromatic rings. The van der Waals surface area contributed by atoms with Crippen molar-refractivity contribution < 1.29 is 9.18 Å². The summed E-state index contributed by atoms with van der Waals surface area (Å²) in [6.07, 6.45) is 9.77. The molecule has 0 amide bonds. The van der Waals surface area contributed by atoms with Gasteiger partial charge in [0.15, 0.2) is 5.12 Å². The monoisotopic (exact) mass is 344 g/mol. The summed E-state index contributed by atoms with van der Waals surface area (Å²) in [7, 11) is 0. The maximum atomic E-state index is 13.0. The Balaban J connectivity index is 1.86. The minimum absolute atomic E-state index is 0.172. The van der Waals surface area contributed by atoms with Crippen LogP contribution in [0.3, 0.4) is 0 Å². The molecule has 0 N–H and O–H groups in total. The maximum Gasteiger partial charge on any atom is 0.185 e. The van der Waals surface area contributed by atoms with E-state index >= 15 is 0 Å². The largest absolute Gasteiger partial charge is 0.288 e. The van der Waals surface area contributed by atoms with E-state index in [1.54, 1.807) is 19.3 Å². The van der Waals surface area contributed by atoms with E-state index in [4.69, 9.17) is 0 Å². The van der Waals surface area contributed by atoms with E-state index in [-0.39, 0.29) is 10.9 Å². The summed E-state index contributed by atoms with van der Waals surface area (Å²) in [4.78, 5) is 15.2. The second-order valence-corrected chi connectivity index (χ2v) is 7.15. The van der Waals surface area contributed by atoms with Crippen LogP contribution in [0.1, 0.15) is 37.3 Å². The first-order valence-electron chi connectivity index (χ1n) is 8.24. The fraction of sp³-hybridized carbons (Fsp3) is 0.350. The van der Waals surface area contributed by atoms with Gasteiger partial charge in [0.2, 0.25) is 0 Å². The summed E-state index contributed by atoms with van der Waals surface area (Å²) in [5, 5.41) is 0.172. The number of aromatic nitrogens is 1. The second kappa shape index (κ2) is 10.2. The SMILES string of the molecule is CC(=O)SCCC(C[CH]c1ccncc1)CCc1ccc(F)cc1. The lowest BCUT2D eigenvalue weighted by Crippen LogP contribution is -2.06. The Kier molecular flexibility index (Phi) is 7.96. The lowest BCUT2D eigenvalue weighted by atomic mass is 9.91. The van der Waals surface area contributed by atoms with Gasteiger partial charge in [-0.1, -0.05) is 23.9 Å². The number of hydrogen-bond acceptors (Lipinski definition) is 3. The number of aryl methyl sites for hydroxylation is 1. The predicted octanol–water partition coefficient (Wildman–Crippen LogP) is 5.08. The topological polar surface area (TPSA) is 30.0 Å². The molecule has 0 bridgehead atoms. The molecular weight excluding hydrogens is 321 g/mol. The number of rotatable bonds is 9.